The molecule has 0 aromatic carbocycles. The van der Waals surface area contributed by atoms with Gasteiger partial charge < -0.3 is 10.8 Å². The average Bonchev–Trinajstić information content (AvgIpc) is 1.97. The number of carbonyl (C=O) groups excluding carboxylic acids is 1. The molecule has 14 heavy (non-hydrogen) atoms. The molecule has 0 aliphatic carbocycles. The number of carboxylic acid groups (broad SMARTS) is 1. The standard InChI is InChI=1S/C9H18N2O3/c1-7(2)5-11(6-8(10)12)4-3-9(13)14/h7H,3-6H2,1-2H3,(H2,10,12)(H,13,14). The molecule has 0 atom stereocenters. The van der Waals surface area contributed by atoms with E-state index in [0.29, 0.717) is 19.0 Å². The molecule has 0 radical (unpaired) electrons. The maximum absolute atomic E-state index is 10.7. The van der Waals surface area contributed by atoms with Gasteiger partial charge in [-0.3, -0.25) is 14.5 Å². The van der Waals surface area contributed by atoms with Crippen LogP contribution in [0.4, 0.5) is 0 Å². The van der Waals surface area contributed by atoms with Crippen molar-refractivity contribution in [3.05, 3.63) is 0 Å². The van der Waals surface area contributed by atoms with Gasteiger partial charge in [0.15, 0.2) is 0 Å². The number of primary amides is 1. The number of hydrogen-bond donors (Lipinski definition) is 2. The first kappa shape index (κ1) is 12.9. The molecular weight excluding hydrogens is 184 g/mol. The van der Waals surface area contributed by atoms with Crippen LogP contribution in [-0.4, -0.2) is 41.5 Å². The lowest BCUT2D eigenvalue weighted by Gasteiger charge is -2.21. The molecule has 0 aliphatic heterocycles. The summed E-state index contributed by atoms with van der Waals surface area (Å²) in [4.78, 5) is 22.8. The second-order valence-corrected chi connectivity index (χ2v) is 3.74. The maximum Gasteiger partial charge on any atom is 0.304 e. The van der Waals surface area contributed by atoms with Crippen molar-refractivity contribution in [3.8, 4) is 0 Å². The SMILES string of the molecule is CC(C)CN(CCC(=O)O)CC(N)=O. The molecule has 5 heteroatoms. The predicted molar refractivity (Wildman–Crippen MR) is 52.7 cm³/mol. The number of hydrogen-bond acceptors (Lipinski definition) is 3. The van der Waals surface area contributed by atoms with Crippen LogP contribution < -0.4 is 5.73 Å². The van der Waals surface area contributed by atoms with Gasteiger partial charge in [0.05, 0.1) is 13.0 Å². The van der Waals surface area contributed by atoms with Crippen molar-refractivity contribution in [2.24, 2.45) is 11.7 Å². The Kier molecular flexibility index (Phi) is 5.87. The zero-order chi connectivity index (χ0) is 11.1. The number of amides is 1. The highest BCUT2D eigenvalue weighted by molar-refractivity contribution is 5.76. The fraction of sp³-hybridized carbons (Fsp3) is 0.778. The average molecular weight is 202 g/mol. The third-order valence-electron chi connectivity index (χ3n) is 1.64. The molecule has 0 spiro atoms. The number of nitrogens with two attached hydrogens (primary N) is 1. The highest BCUT2D eigenvalue weighted by atomic mass is 16.4. The topological polar surface area (TPSA) is 83.6 Å². The fourth-order valence-electron chi connectivity index (χ4n) is 1.23. The summed E-state index contributed by atoms with van der Waals surface area (Å²) in [5, 5.41) is 8.49. The minimum atomic E-state index is -0.858. The Morgan fingerprint density at radius 3 is 2.36 bits per heavy atom. The van der Waals surface area contributed by atoms with Gasteiger partial charge in [0.25, 0.3) is 0 Å². The fourth-order valence-corrected chi connectivity index (χ4v) is 1.23. The minimum Gasteiger partial charge on any atom is -0.481 e. The normalized spacial score (nSPS) is 10.9. The zero-order valence-electron chi connectivity index (χ0n) is 8.69. The Morgan fingerprint density at radius 2 is 2.00 bits per heavy atom. The molecule has 0 unspecified atom stereocenters. The van der Waals surface area contributed by atoms with Crippen LogP contribution in [0.2, 0.25) is 0 Å². The predicted octanol–water partition coefficient (Wildman–Crippen LogP) is -0.0956. The van der Waals surface area contributed by atoms with Gasteiger partial charge in [0, 0.05) is 13.1 Å². The van der Waals surface area contributed by atoms with Gasteiger partial charge in [0.2, 0.25) is 5.91 Å². The Hall–Kier alpha value is -1.10. The molecule has 0 saturated carbocycles. The van der Waals surface area contributed by atoms with Crippen LogP contribution in [0.15, 0.2) is 0 Å². The van der Waals surface area contributed by atoms with Crippen LogP contribution in [-0.2, 0) is 9.59 Å². The first-order chi connectivity index (χ1) is 6.41. The van der Waals surface area contributed by atoms with Gasteiger partial charge in [-0.25, -0.2) is 0 Å². The lowest BCUT2D eigenvalue weighted by atomic mass is 10.2. The van der Waals surface area contributed by atoms with E-state index in [-0.39, 0.29) is 13.0 Å². The van der Waals surface area contributed by atoms with Gasteiger partial charge in [-0.2, -0.15) is 0 Å². The van der Waals surface area contributed by atoms with Gasteiger partial charge in [-0.15, -0.1) is 0 Å². The van der Waals surface area contributed by atoms with Crippen LogP contribution in [0.25, 0.3) is 0 Å². The monoisotopic (exact) mass is 202 g/mol. The molecular formula is C9H18N2O3. The van der Waals surface area contributed by atoms with E-state index in [9.17, 15) is 9.59 Å². The lowest BCUT2D eigenvalue weighted by Crippen LogP contribution is -2.37. The van der Waals surface area contributed by atoms with Crippen LogP contribution >= 0.6 is 0 Å². The zero-order valence-corrected chi connectivity index (χ0v) is 8.69. The van der Waals surface area contributed by atoms with E-state index in [0.717, 1.165) is 0 Å². The molecule has 0 fully saturated rings. The summed E-state index contributed by atoms with van der Waals surface area (Å²) >= 11 is 0. The first-order valence-corrected chi connectivity index (χ1v) is 4.64. The van der Waals surface area contributed by atoms with E-state index in [4.69, 9.17) is 10.8 Å². The van der Waals surface area contributed by atoms with Crippen molar-refractivity contribution < 1.29 is 14.7 Å². The molecule has 0 bridgehead atoms. The van der Waals surface area contributed by atoms with Crippen molar-refractivity contribution >= 4 is 11.9 Å². The van der Waals surface area contributed by atoms with Crippen molar-refractivity contribution in [1.29, 1.82) is 0 Å². The van der Waals surface area contributed by atoms with E-state index in [1.54, 1.807) is 4.90 Å². The molecule has 0 saturated heterocycles. The number of carbonyl (C=O) groups is 2. The van der Waals surface area contributed by atoms with E-state index < -0.39 is 11.9 Å². The van der Waals surface area contributed by atoms with Crippen LogP contribution in [0.1, 0.15) is 20.3 Å². The van der Waals surface area contributed by atoms with Crippen molar-refractivity contribution in [3.63, 3.8) is 0 Å². The Bertz CT molecular complexity index is 204. The Balaban J connectivity index is 3.96. The molecule has 5 nitrogen and oxygen atoms in total. The molecule has 0 aliphatic rings. The third kappa shape index (κ3) is 7.54. The molecule has 0 heterocycles. The quantitative estimate of drug-likeness (QED) is 0.604. The molecule has 0 rings (SSSR count). The second kappa shape index (κ2) is 6.37. The van der Waals surface area contributed by atoms with Crippen LogP contribution in [0.3, 0.4) is 0 Å². The lowest BCUT2D eigenvalue weighted by molar-refractivity contribution is -0.137. The van der Waals surface area contributed by atoms with E-state index in [2.05, 4.69) is 0 Å². The number of rotatable bonds is 7. The van der Waals surface area contributed by atoms with E-state index in [1.807, 2.05) is 13.8 Å². The highest BCUT2D eigenvalue weighted by Crippen LogP contribution is 1.99. The van der Waals surface area contributed by atoms with Crippen molar-refractivity contribution in [2.45, 2.75) is 20.3 Å². The molecule has 3 N–H and O–H groups in total. The van der Waals surface area contributed by atoms with Gasteiger partial charge in [-0.1, -0.05) is 13.8 Å². The minimum absolute atomic E-state index is 0.0417. The summed E-state index contributed by atoms with van der Waals surface area (Å²) in [5.41, 5.74) is 5.05. The maximum atomic E-state index is 10.7. The van der Waals surface area contributed by atoms with E-state index in [1.165, 1.54) is 0 Å². The molecule has 82 valence electrons. The van der Waals surface area contributed by atoms with Crippen LogP contribution in [0.5, 0.6) is 0 Å². The largest absolute Gasteiger partial charge is 0.481 e. The van der Waals surface area contributed by atoms with Gasteiger partial charge in [-0.05, 0) is 5.92 Å². The smallest absolute Gasteiger partial charge is 0.304 e. The summed E-state index contributed by atoms with van der Waals surface area (Å²) in [6.45, 7) is 5.21. The van der Waals surface area contributed by atoms with Gasteiger partial charge in [0.1, 0.15) is 0 Å². The number of nitrogens with zero attached hydrogens (tertiary/aromatic N) is 1. The molecule has 0 aromatic heterocycles. The van der Waals surface area contributed by atoms with Crippen LogP contribution in [0, 0.1) is 5.92 Å². The summed E-state index contributed by atoms with van der Waals surface area (Å²) in [7, 11) is 0. The molecule has 1 amide bonds. The van der Waals surface area contributed by atoms with Gasteiger partial charge >= 0.3 is 5.97 Å². The van der Waals surface area contributed by atoms with Crippen molar-refractivity contribution in [1.82, 2.24) is 4.90 Å². The number of carboxylic acids is 1. The second-order valence-electron chi connectivity index (χ2n) is 3.74. The Morgan fingerprint density at radius 1 is 1.43 bits per heavy atom. The highest BCUT2D eigenvalue weighted by Gasteiger charge is 2.11. The number of aliphatic carboxylic acids is 1. The molecule has 0 aromatic rings. The summed E-state index contributed by atoms with van der Waals surface area (Å²) in [6, 6.07) is 0. The summed E-state index contributed by atoms with van der Waals surface area (Å²) in [6.07, 6.45) is 0.0417. The summed E-state index contributed by atoms with van der Waals surface area (Å²) in [5.74, 6) is -0.887. The third-order valence-corrected chi connectivity index (χ3v) is 1.64. The summed E-state index contributed by atoms with van der Waals surface area (Å²) < 4.78 is 0. The van der Waals surface area contributed by atoms with E-state index >= 15 is 0 Å². The van der Waals surface area contributed by atoms with Crippen molar-refractivity contribution in [2.75, 3.05) is 19.6 Å². The Labute approximate surface area is 83.9 Å². The first-order valence-electron chi connectivity index (χ1n) is 4.64.